The van der Waals surface area contributed by atoms with Crippen LogP contribution >= 0.6 is 0 Å². The Morgan fingerprint density at radius 2 is 0.643 bits per heavy atom. The van der Waals surface area contributed by atoms with E-state index in [1.165, 1.54) is 0 Å². The Bertz CT molecular complexity index is 392. The van der Waals surface area contributed by atoms with Crippen LogP contribution in [0.2, 0.25) is 0 Å². The van der Waals surface area contributed by atoms with Crippen LogP contribution in [0.4, 0.5) is 0 Å². The zero-order valence-corrected chi connectivity index (χ0v) is 11.3. The van der Waals surface area contributed by atoms with Gasteiger partial charge in [-0.3, -0.25) is 0 Å². The molecule has 0 spiro atoms. The molecule has 0 fully saturated rings. The summed E-state index contributed by atoms with van der Waals surface area (Å²) in [5, 5.41) is 57.6. The van der Waals surface area contributed by atoms with Gasteiger partial charge in [0.2, 0.25) is 0 Å². The van der Waals surface area contributed by atoms with Crippen LogP contribution in [0.3, 0.4) is 0 Å². The van der Waals surface area contributed by atoms with Crippen molar-refractivity contribution < 1.29 is 46.1 Å². The number of rotatable bonds is 0. The van der Waals surface area contributed by atoms with Gasteiger partial charge in [-0.1, -0.05) is 0 Å². The zero-order chi connectivity index (χ0) is 10.7. The molecule has 0 aromatic rings. The predicted molar refractivity (Wildman–Crippen MR) is 33.7 cm³/mol. The van der Waals surface area contributed by atoms with E-state index in [2.05, 4.69) is 0 Å². The number of nitrogens with zero attached hydrogens (tertiary/aromatic N) is 6. The van der Waals surface area contributed by atoms with Gasteiger partial charge in [-0.15, -0.1) is 0 Å². The second kappa shape index (κ2) is 3.42. The fraction of sp³-hybridized carbons (Fsp3) is 0. The van der Waals surface area contributed by atoms with Gasteiger partial charge in [0.15, 0.2) is 0 Å². The third-order valence-electron chi connectivity index (χ3n) is 1.12. The summed E-state index contributed by atoms with van der Waals surface area (Å²) in [5.74, 6) is 0. The summed E-state index contributed by atoms with van der Waals surface area (Å²) in [6, 6.07) is 0. The summed E-state index contributed by atoms with van der Waals surface area (Å²) in [5.41, 5.74) is 0. The van der Waals surface area contributed by atoms with Crippen molar-refractivity contribution in [2.24, 2.45) is 0 Å². The maximum absolute atomic E-state index is 8.58. The van der Waals surface area contributed by atoms with Crippen LogP contribution in [0.1, 0.15) is 0 Å². The standard InChI is InChI=1S/6CN.Co.La/c6*1-2;;/q;;;;;;-3;+3. The van der Waals surface area contributed by atoms with Crippen LogP contribution in [0.25, 0.3) is 0 Å². The topological polar surface area (TPSA) is 143 Å². The summed E-state index contributed by atoms with van der Waals surface area (Å²) >= 11 is 0. The molecule has 0 radical (unpaired) electrons. The van der Waals surface area contributed by atoms with Crippen LogP contribution in [0, 0.1) is 97.2 Å². The van der Waals surface area contributed by atoms with Gasteiger partial charge in [0.25, 0.3) is 0 Å². The Hall–Kier alpha value is -1.36. The molecule has 0 N–H and O–H groups in total. The second-order valence-corrected chi connectivity index (χ2v) is 7.00. The monoisotopic (exact) mass is 354 g/mol. The minimum atomic E-state index is -6.03. The molecule has 0 unspecified atom stereocenters. The first kappa shape index (κ1) is 15.1. The van der Waals surface area contributed by atoms with E-state index in [4.69, 9.17) is 31.6 Å². The molecule has 0 aliphatic rings. The van der Waals surface area contributed by atoms with Crippen molar-refractivity contribution in [1.29, 1.82) is 31.6 Å². The molecule has 0 saturated carbocycles. The second-order valence-electron chi connectivity index (χ2n) is 1.70. The smallest absolute Gasteiger partial charge is 3.00 e. The Balaban J connectivity index is 0. The molecule has 8 heteroatoms. The van der Waals surface area contributed by atoms with Crippen LogP contribution in [0.5, 0.6) is 0 Å². The Morgan fingerprint density at radius 1 is 0.500 bits per heavy atom. The maximum Gasteiger partial charge on any atom is 3.00 e. The molecule has 0 aliphatic heterocycles. The number of nitriles is 6. The maximum atomic E-state index is 8.58. The molecule has 0 amide bonds. The largest absolute Gasteiger partial charge is 3.00 e. The van der Waals surface area contributed by atoms with E-state index >= 15 is 0 Å². The molecule has 66 valence electrons. The van der Waals surface area contributed by atoms with Crippen molar-refractivity contribution in [1.82, 2.24) is 0 Å². The van der Waals surface area contributed by atoms with Gasteiger partial charge in [-0.25, -0.2) is 0 Å². The van der Waals surface area contributed by atoms with Gasteiger partial charge in [-0.2, -0.15) is 0 Å². The average molecular weight is 354 g/mol. The molecule has 0 saturated heterocycles. The SMILES string of the molecule is N#[C][Co-3]([C]#N)([C]#N)([C]#N)([C]#N)[C]#N.[La+3]. The van der Waals surface area contributed by atoms with Crippen molar-refractivity contribution in [2.45, 2.75) is 0 Å². The predicted octanol–water partition coefficient (Wildman–Crippen LogP) is 0.0982. The molecule has 0 heterocycles. The number of hydrogen-bond donors (Lipinski definition) is 0. The fourth-order valence-corrected chi connectivity index (χ4v) is 1.03. The van der Waals surface area contributed by atoms with Gasteiger partial charge in [-0.05, 0) is 0 Å². The van der Waals surface area contributed by atoms with Gasteiger partial charge < -0.3 is 0 Å². The molecule has 0 bridgehead atoms. The Labute approximate surface area is 107 Å². The minimum Gasteiger partial charge on any atom is 3.00 e. The summed E-state index contributed by atoms with van der Waals surface area (Å²) < 4.78 is 0. The molecule has 14 heavy (non-hydrogen) atoms. The van der Waals surface area contributed by atoms with Crippen LogP contribution in [-0.4, -0.2) is 0 Å². The van der Waals surface area contributed by atoms with E-state index in [9.17, 15) is 0 Å². The number of hydrogen-bond acceptors (Lipinski definition) is 6. The van der Waals surface area contributed by atoms with Gasteiger partial charge >= 0.3 is 108 Å². The molecule has 0 aliphatic carbocycles. The van der Waals surface area contributed by atoms with Crippen LogP contribution < -0.4 is 0 Å². The van der Waals surface area contributed by atoms with Crippen molar-refractivity contribution in [3.05, 3.63) is 0 Å². The first-order valence-electron chi connectivity index (χ1n) is 2.34. The van der Waals surface area contributed by atoms with Crippen molar-refractivity contribution in [3.63, 3.8) is 0 Å². The zero-order valence-electron chi connectivity index (χ0n) is 6.59. The Morgan fingerprint density at radius 3 is 0.643 bits per heavy atom. The van der Waals surface area contributed by atoms with E-state index in [-0.39, 0.29) is 35.6 Å². The normalized spacial score (nSPS) is 12.4. The van der Waals surface area contributed by atoms with Crippen molar-refractivity contribution >= 4 is 0 Å². The fourth-order valence-electron chi connectivity index (χ4n) is 0.250. The summed E-state index contributed by atoms with van der Waals surface area (Å²) in [7, 11) is -6.03. The summed E-state index contributed by atoms with van der Waals surface area (Å²) in [6.45, 7) is 0. The van der Waals surface area contributed by atoms with E-state index in [1.807, 2.05) is 0 Å². The van der Waals surface area contributed by atoms with Crippen molar-refractivity contribution in [2.75, 3.05) is 0 Å². The van der Waals surface area contributed by atoms with Crippen LogP contribution in [-0.2, 0) is 10.5 Å². The third-order valence-corrected chi connectivity index (χ3v) is 4.61. The van der Waals surface area contributed by atoms with E-state index in [1.54, 1.807) is 0 Å². The molecular formula is C6CoLaN6. The molecule has 0 aromatic carbocycles. The van der Waals surface area contributed by atoms with E-state index < -0.39 is 10.5 Å². The summed E-state index contributed by atoms with van der Waals surface area (Å²) in [6.07, 6.45) is 0. The first-order chi connectivity index (χ1) is 5.97. The molecule has 0 aromatic heterocycles. The van der Waals surface area contributed by atoms with Gasteiger partial charge in [0, 0.05) is 0 Å². The minimum absolute atomic E-state index is 0. The van der Waals surface area contributed by atoms with E-state index in [0.29, 0.717) is 0 Å². The van der Waals surface area contributed by atoms with Crippen LogP contribution in [0.15, 0.2) is 0 Å². The third kappa shape index (κ3) is 1.21. The van der Waals surface area contributed by atoms with E-state index in [0.717, 1.165) is 30.0 Å². The summed E-state index contributed by atoms with van der Waals surface area (Å²) in [4.78, 5) is 0. The Kier molecular flexibility index (Phi) is 3.69. The molecule has 6 nitrogen and oxygen atoms in total. The average Bonchev–Trinajstić information content (AvgIpc) is 2.26. The molecule has 0 atom stereocenters. The van der Waals surface area contributed by atoms with Gasteiger partial charge in [0.05, 0.1) is 0 Å². The first-order valence-corrected chi connectivity index (χ1v) is 5.46. The molecular weight excluding hydrogens is 354 g/mol. The quantitative estimate of drug-likeness (QED) is 0.604. The molecule has 0 rings (SSSR count). The van der Waals surface area contributed by atoms with Crippen molar-refractivity contribution in [3.8, 4) is 30.0 Å². The van der Waals surface area contributed by atoms with Gasteiger partial charge in [0.1, 0.15) is 0 Å².